The molecule has 0 aliphatic heterocycles. The minimum absolute atomic E-state index is 0.0945. The van der Waals surface area contributed by atoms with E-state index in [1.54, 1.807) is 43.6 Å². The topological polar surface area (TPSA) is 109 Å². The molecule has 0 radical (unpaired) electrons. The van der Waals surface area contributed by atoms with Crippen molar-refractivity contribution in [1.82, 2.24) is 4.57 Å². The summed E-state index contributed by atoms with van der Waals surface area (Å²) in [7, 11) is 1.62. The minimum Gasteiger partial charge on any atom is -0.369 e. The second-order valence-electron chi connectivity index (χ2n) is 8.49. The summed E-state index contributed by atoms with van der Waals surface area (Å²) >= 11 is 11.8. The van der Waals surface area contributed by atoms with Crippen molar-refractivity contribution < 1.29 is 14.4 Å². The van der Waals surface area contributed by atoms with Crippen LogP contribution in [-0.4, -0.2) is 47.1 Å². The number of nitrogens with one attached hydrogen (secondary N) is 2. The number of nitrogens with two attached hydrogens (primary N) is 1. The second kappa shape index (κ2) is 13.7. The number of aryl methyl sites for hydroxylation is 2. The van der Waals surface area contributed by atoms with Gasteiger partial charge in [0.2, 0.25) is 5.91 Å². The largest absolute Gasteiger partial charge is 0.369 e. The van der Waals surface area contributed by atoms with Crippen LogP contribution < -0.4 is 21.3 Å². The van der Waals surface area contributed by atoms with Crippen molar-refractivity contribution in [2.24, 2.45) is 12.8 Å². The lowest BCUT2D eigenvalue weighted by Crippen LogP contribution is -2.27. The van der Waals surface area contributed by atoms with Crippen LogP contribution in [-0.2, 0) is 18.3 Å². The number of carbonyl (C=O) groups is 3. The zero-order chi connectivity index (χ0) is 26.8. The number of benzene rings is 2. The van der Waals surface area contributed by atoms with E-state index in [1.807, 2.05) is 24.3 Å². The molecule has 1 heterocycles. The average molecular weight is 544 g/mol. The highest BCUT2D eigenvalue weighted by Crippen LogP contribution is 2.29. The van der Waals surface area contributed by atoms with Gasteiger partial charge in [-0.15, -0.1) is 23.2 Å². The molecule has 3 rings (SSSR count). The van der Waals surface area contributed by atoms with Gasteiger partial charge in [0.25, 0.3) is 11.8 Å². The van der Waals surface area contributed by atoms with Crippen molar-refractivity contribution in [2.75, 3.05) is 40.4 Å². The molecule has 196 valence electrons. The Kier molecular flexibility index (Phi) is 10.4. The first-order valence-electron chi connectivity index (χ1n) is 11.9. The number of hydrogen-bond acceptors (Lipinski definition) is 4. The predicted octanol–water partition coefficient (Wildman–Crippen LogP) is 4.62. The van der Waals surface area contributed by atoms with Gasteiger partial charge in [0, 0.05) is 55.8 Å². The van der Waals surface area contributed by atoms with Crippen molar-refractivity contribution in [1.29, 1.82) is 0 Å². The number of carbonyl (C=O) groups excluding carboxylic acids is 3. The SMILES string of the molecule is Cn1cc(NC(=O)CCCc2ccc(N(CCCl)CCCl)cc2)c(NC(=O)c2ccccc2)c1C(N)=O. The van der Waals surface area contributed by atoms with Gasteiger partial charge in [-0.05, 0) is 42.7 Å². The third kappa shape index (κ3) is 7.74. The van der Waals surface area contributed by atoms with Gasteiger partial charge in [-0.3, -0.25) is 14.4 Å². The first kappa shape index (κ1) is 28.1. The zero-order valence-corrected chi connectivity index (χ0v) is 22.2. The summed E-state index contributed by atoms with van der Waals surface area (Å²) in [6.45, 7) is 1.44. The van der Waals surface area contributed by atoms with Crippen molar-refractivity contribution in [3.8, 4) is 0 Å². The maximum atomic E-state index is 12.7. The van der Waals surface area contributed by atoms with Crippen LogP contribution in [0, 0.1) is 0 Å². The van der Waals surface area contributed by atoms with Gasteiger partial charge in [0.15, 0.2) is 0 Å². The summed E-state index contributed by atoms with van der Waals surface area (Å²) in [6, 6.07) is 16.7. The van der Waals surface area contributed by atoms with Crippen LogP contribution in [0.5, 0.6) is 0 Å². The third-order valence-corrected chi connectivity index (χ3v) is 6.18. The Morgan fingerprint density at radius 3 is 2.19 bits per heavy atom. The molecule has 0 unspecified atom stereocenters. The maximum absolute atomic E-state index is 12.7. The molecule has 3 amide bonds. The summed E-state index contributed by atoms with van der Waals surface area (Å²) in [5.41, 5.74) is 8.71. The van der Waals surface area contributed by atoms with E-state index >= 15 is 0 Å². The summed E-state index contributed by atoms with van der Waals surface area (Å²) < 4.78 is 1.48. The van der Waals surface area contributed by atoms with Crippen LogP contribution in [0.3, 0.4) is 0 Å². The molecule has 0 fully saturated rings. The Balaban J connectivity index is 1.62. The Bertz CT molecular complexity index is 1210. The van der Waals surface area contributed by atoms with E-state index < -0.39 is 11.8 Å². The van der Waals surface area contributed by atoms with E-state index in [2.05, 4.69) is 15.5 Å². The molecule has 0 aliphatic rings. The highest BCUT2D eigenvalue weighted by Gasteiger charge is 2.22. The molecule has 0 saturated heterocycles. The van der Waals surface area contributed by atoms with E-state index in [4.69, 9.17) is 28.9 Å². The van der Waals surface area contributed by atoms with Crippen molar-refractivity contribution in [3.63, 3.8) is 0 Å². The highest BCUT2D eigenvalue weighted by molar-refractivity contribution is 6.18. The van der Waals surface area contributed by atoms with Gasteiger partial charge in [-0.25, -0.2) is 0 Å². The number of primary amides is 1. The van der Waals surface area contributed by atoms with Crippen molar-refractivity contribution in [3.05, 3.63) is 77.6 Å². The first-order chi connectivity index (χ1) is 17.8. The van der Waals surface area contributed by atoms with E-state index in [0.29, 0.717) is 29.4 Å². The van der Waals surface area contributed by atoms with Crippen LogP contribution >= 0.6 is 23.2 Å². The number of amides is 3. The standard InChI is InChI=1S/C27H31Cl2N5O3/c1-33-18-22(24(25(33)26(30)36)32-27(37)20-7-3-2-4-8-20)31-23(35)9-5-6-19-10-12-21(13-11-19)34(16-14-28)17-15-29/h2-4,7-8,10-13,18H,5-6,9,14-17H2,1H3,(H2,30,36)(H,31,35)(H,32,37). The number of rotatable bonds is 13. The predicted molar refractivity (Wildman–Crippen MR) is 150 cm³/mol. The third-order valence-electron chi connectivity index (χ3n) is 5.84. The smallest absolute Gasteiger partial charge is 0.267 e. The number of alkyl halides is 2. The normalized spacial score (nSPS) is 10.7. The molecule has 37 heavy (non-hydrogen) atoms. The van der Waals surface area contributed by atoms with Crippen molar-refractivity contribution in [2.45, 2.75) is 19.3 Å². The van der Waals surface area contributed by atoms with Gasteiger partial charge in [0.1, 0.15) is 5.69 Å². The van der Waals surface area contributed by atoms with Gasteiger partial charge in [-0.1, -0.05) is 30.3 Å². The van der Waals surface area contributed by atoms with Crippen LogP contribution in [0.25, 0.3) is 0 Å². The van der Waals surface area contributed by atoms with Gasteiger partial charge in [0.05, 0.1) is 11.4 Å². The Morgan fingerprint density at radius 2 is 1.59 bits per heavy atom. The Morgan fingerprint density at radius 1 is 0.946 bits per heavy atom. The molecular formula is C27H31Cl2N5O3. The molecule has 3 aromatic rings. The minimum atomic E-state index is -0.717. The van der Waals surface area contributed by atoms with Gasteiger partial charge < -0.3 is 25.8 Å². The Labute approximate surface area is 226 Å². The van der Waals surface area contributed by atoms with Crippen LogP contribution in [0.1, 0.15) is 39.3 Å². The lowest BCUT2D eigenvalue weighted by Gasteiger charge is -2.23. The molecule has 0 spiro atoms. The first-order valence-corrected chi connectivity index (χ1v) is 13.0. The van der Waals surface area contributed by atoms with Crippen LogP contribution in [0.15, 0.2) is 60.8 Å². The number of nitrogens with zero attached hydrogens (tertiary/aromatic N) is 2. The number of aromatic nitrogens is 1. The molecule has 10 heteroatoms. The second-order valence-corrected chi connectivity index (χ2v) is 9.25. The fourth-order valence-corrected chi connectivity index (χ4v) is 4.44. The monoisotopic (exact) mass is 543 g/mol. The quantitative estimate of drug-likeness (QED) is 0.273. The van der Waals surface area contributed by atoms with E-state index in [1.165, 1.54) is 4.57 Å². The highest BCUT2D eigenvalue weighted by atomic mass is 35.5. The molecule has 0 aliphatic carbocycles. The summed E-state index contributed by atoms with van der Waals surface area (Å²) in [4.78, 5) is 39.6. The zero-order valence-electron chi connectivity index (χ0n) is 20.7. The number of anilines is 3. The number of hydrogen-bond donors (Lipinski definition) is 3. The molecule has 0 atom stereocenters. The molecule has 2 aromatic carbocycles. The molecule has 0 saturated carbocycles. The fourth-order valence-electron chi connectivity index (χ4n) is 4.03. The van der Waals surface area contributed by atoms with Crippen LogP contribution in [0.2, 0.25) is 0 Å². The summed E-state index contributed by atoms with van der Waals surface area (Å²) in [6.07, 6.45) is 3.17. The van der Waals surface area contributed by atoms with E-state index in [-0.39, 0.29) is 23.7 Å². The lowest BCUT2D eigenvalue weighted by molar-refractivity contribution is -0.116. The number of halogens is 2. The molecular weight excluding hydrogens is 513 g/mol. The maximum Gasteiger partial charge on any atom is 0.267 e. The van der Waals surface area contributed by atoms with Crippen LogP contribution in [0.4, 0.5) is 17.1 Å². The summed E-state index contributed by atoms with van der Waals surface area (Å²) in [5, 5.41) is 5.53. The lowest BCUT2D eigenvalue weighted by atomic mass is 10.1. The average Bonchev–Trinajstić information content (AvgIpc) is 3.19. The fraction of sp³-hybridized carbons (Fsp3) is 0.296. The molecule has 1 aromatic heterocycles. The van der Waals surface area contributed by atoms with Gasteiger partial charge >= 0.3 is 0 Å². The molecule has 8 nitrogen and oxygen atoms in total. The van der Waals surface area contributed by atoms with Crippen molar-refractivity contribution >= 4 is 58.0 Å². The summed E-state index contributed by atoms with van der Waals surface area (Å²) in [5.74, 6) is -0.320. The molecule has 0 bridgehead atoms. The van der Waals surface area contributed by atoms with Gasteiger partial charge in [-0.2, -0.15) is 0 Å². The molecule has 4 N–H and O–H groups in total. The Hall–Kier alpha value is -3.49. The van der Waals surface area contributed by atoms with E-state index in [9.17, 15) is 14.4 Å². The van der Waals surface area contributed by atoms with E-state index in [0.717, 1.165) is 30.8 Å².